The van der Waals surface area contributed by atoms with E-state index in [2.05, 4.69) is 4.98 Å². The molecule has 22 heavy (non-hydrogen) atoms. The summed E-state index contributed by atoms with van der Waals surface area (Å²) in [5, 5.41) is 0. The van der Waals surface area contributed by atoms with Gasteiger partial charge in [0.2, 0.25) is 4.34 Å². The summed E-state index contributed by atoms with van der Waals surface area (Å²) in [7, 11) is -3.93. The fourth-order valence-corrected chi connectivity index (χ4v) is 4.02. The van der Waals surface area contributed by atoms with Crippen molar-refractivity contribution in [2.24, 2.45) is 0 Å². The summed E-state index contributed by atoms with van der Waals surface area (Å²) in [6, 6.07) is 11.7. The molecule has 0 aliphatic rings. The van der Waals surface area contributed by atoms with E-state index in [1.807, 2.05) is 19.1 Å². The van der Waals surface area contributed by atoms with Gasteiger partial charge in [-0.25, -0.2) is 4.98 Å². The van der Waals surface area contributed by atoms with Crippen molar-refractivity contribution in [2.45, 2.75) is 11.3 Å². The van der Waals surface area contributed by atoms with Crippen LogP contribution in [0.15, 0.2) is 46.8 Å². The molecule has 0 aliphatic heterocycles. The number of rotatable bonds is 3. The van der Waals surface area contributed by atoms with Crippen LogP contribution in [0.25, 0.3) is 10.2 Å². The van der Waals surface area contributed by atoms with Gasteiger partial charge in [0.25, 0.3) is 0 Å². The number of nitrogen functional groups attached to an aromatic ring is 1. The van der Waals surface area contributed by atoms with Gasteiger partial charge in [-0.3, -0.25) is 0 Å². The van der Waals surface area contributed by atoms with Crippen LogP contribution in [-0.2, 0) is 10.1 Å². The molecule has 0 aliphatic carbocycles. The Morgan fingerprint density at radius 2 is 1.82 bits per heavy atom. The maximum atomic E-state index is 12.2. The molecule has 5 nitrogen and oxygen atoms in total. The fourth-order valence-electron chi connectivity index (χ4n) is 1.80. The zero-order valence-electron chi connectivity index (χ0n) is 12.1. The minimum absolute atomic E-state index is 0. The molecule has 0 saturated carbocycles. The van der Waals surface area contributed by atoms with Crippen molar-refractivity contribution in [3.05, 3.63) is 48.0 Å². The van der Waals surface area contributed by atoms with Gasteiger partial charge in [0.15, 0.2) is 0 Å². The van der Waals surface area contributed by atoms with E-state index < -0.39 is 10.1 Å². The first-order valence-corrected chi connectivity index (χ1v) is 8.34. The molecular formula is C14H12N2NaO3S2+. The van der Waals surface area contributed by atoms with Crippen molar-refractivity contribution in [1.29, 1.82) is 0 Å². The number of benzene rings is 2. The molecular weight excluding hydrogens is 331 g/mol. The van der Waals surface area contributed by atoms with Crippen molar-refractivity contribution in [3.8, 4) is 5.75 Å². The van der Waals surface area contributed by atoms with Crippen molar-refractivity contribution < 1.29 is 42.2 Å². The molecule has 0 saturated heterocycles. The third kappa shape index (κ3) is 3.61. The molecule has 0 fully saturated rings. The van der Waals surface area contributed by atoms with Crippen LogP contribution in [0.3, 0.4) is 0 Å². The van der Waals surface area contributed by atoms with E-state index >= 15 is 0 Å². The van der Waals surface area contributed by atoms with Crippen molar-refractivity contribution in [2.75, 3.05) is 5.73 Å². The van der Waals surface area contributed by atoms with Crippen molar-refractivity contribution in [1.82, 2.24) is 4.98 Å². The minimum atomic E-state index is -3.93. The quantitative estimate of drug-likeness (QED) is 0.410. The summed E-state index contributed by atoms with van der Waals surface area (Å²) in [5.41, 5.74) is 7.78. The predicted molar refractivity (Wildman–Crippen MR) is 83.0 cm³/mol. The van der Waals surface area contributed by atoms with Crippen LogP contribution >= 0.6 is 11.3 Å². The van der Waals surface area contributed by atoms with Crippen LogP contribution in [0.4, 0.5) is 5.69 Å². The number of fused-ring (bicyclic) bond motifs is 1. The van der Waals surface area contributed by atoms with Crippen LogP contribution in [0.2, 0.25) is 0 Å². The second-order valence-corrected chi connectivity index (χ2v) is 7.31. The van der Waals surface area contributed by atoms with E-state index in [0.29, 0.717) is 11.2 Å². The first-order valence-electron chi connectivity index (χ1n) is 6.11. The van der Waals surface area contributed by atoms with E-state index in [1.54, 1.807) is 18.2 Å². The first-order chi connectivity index (χ1) is 9.94. The van der Waals surface area contributed by atoms with E-state index in [9.17, 15) is 8.42 Å². The molecule has 0 atom stereocenters. The van der Waals surface area contributed by atoms with Gasteiger partial charge in [-0.1, -0.05) is 17.4 Å². The summed E-state index contributed by atoms with van der Waals surface area (Å²) in [6.45, 7) is 1.94. The molecule has 108 valence electrons. The summed E-state index contributed by atoms with van der Waals surface area (Å²) >= 11 is 1.09. The minimum Gasteiger partial charge on any atom is -0.399 e. The largest absolute Gasteiger partial charge is 1.00 e. The Hall–Kier alpha value is -1.12. The predicted octanol–water partition coefficient (Wildman–Crippen LogP) is -0.0414. The second-order valence-electron chi connectivity index (χ2n) is 4.56. The molecule has 8 heteroatoms. The van der Waals surface area contributed by atoms with Gasteiger partial charge in [0, 0.05) is 5.69 Å². The molecule has 3 rings (SSSR count). The zero-order valence-corrected chi connectivity index (χ0v) is 15.7. The number of thiazole rings is 1. The van der Waals surface area contributed by atoms with Crippen molar-refractivity contribution >= 4 is 37.4 Å². The van der Waals surface area contributed by atoms with Gasteiger partial charge >= 0.3 is 39.7 Å². The van der Waals surface area contributed by atoms with Crippen LogP contribution in [0.5, 0.6) is 5.75 Å². The Morgan fingerprint density at radius 3 is 2.50 bits per heavy atom. The molecule has 2 aromatic carbocycles. The van der Waals surface area contributed by atoms with E-state index in [4.69, 9.17) is 9.92 Å². The van der Waals surface area contributed by atoms with Gasteiger partial charge in [-0.05, 0) is 48.9 Å². The van der Waals surface area contributed by atoms with Gasteiger partial charge < -0.3 is 9.92 Å². The third-order valence-electron chi connectivity index (χ3n) is 2.82. The first kappa shape index (κ1) is 17.2. The number of anilines is 1. The second kappa shape index (κ2) is 6.55. The summed E-state index contributed by atoms with van der Waals surface area (Å²) in [5.74, 6) is 0.208. The topological polar surface area (TPSA) is 82.3 Å². The summed E-state index contributed by atoms with van der Waals surface area (Å²) in [4.78, 5) is 4.12. The Bertz CT molecular complexity index is 905. The standard InChI is InChI=1S/C14H12N2O3S2.Na/c1-9-2-7-12-13(8-9)20-14(16-12)21(17,18)19-11-5-3-10(15)4-6-11;/h2-8H,15H2,1H3;/q;+1. The van der Waals surface area contributed by atoms with Crippen LogP contribution < -0.4 is 39.5 Å². The molecule has 0 bridgehead atoms. The van der Waals surface area contributed by atoms with Gasteiger partial charge in [0.05, 0.1) is 10.2 Å². The zero-order chi connectivity index (χ0) is 15.0. The number of nitrogens with two attached hydrogens (primary N) is 1. The Labute approximate surface area is 154 Å². The van der Waals surface area contributed by atoms with Gasteiger partial charge in [-0.15, -0.1) is 0 Å². The van der Waals surface area contributed by atoms with E-state index in [1.165, 1.54) is 12.1 Å². The van der Waals surface area contributed by atoms with Gasteiger partial charge in [-0.2, -0.15) is 8.42 Å². The summed E-state index contributed by atoms with van der Waals surface area (Å²) < 4.78 is 30.3. The Kier molecular flexibility index (Phi) is 5.14. The van der Waals surface area contributed by atoms with Crippen LogP contribution in [-0.4, -0.2) is 13.4 Å². The molecule has 1 aromatic heterocycles. The van der Waals surface area contributed by atoms with Gasteiger partial charge in [0.1, 0.15) is 5.75 Å². The monoisotopic (exact) mass is 343 g/mol. The van der Waals surface area contributed by atoms with Crippen LogP contribution in [0.1, 0.15) is 5.56 Å². The number of hydrogen-bond donors (Lipinski definition) is 1. The molecule has 2 N–H and O–H groups in total. The average Bonchev–Trinajstić information content (AvgIpc) is 2.85. The number of nitrogens with zero attached hydrogens (tertiary/aromatic N) is 1. The van der Waals surface area contributed by atoms with Crippen LogP contribution in [0, 0.1) is 6.92 Å². The molecule has 0 radical (unpaired) electrons. The van der Waals surface area contributed by atoms with E-state index in [-0.39, 0.29) is 39.6 Å². The Balaban J connectivity index is 0.00000176. The SMILES string of the molecule is Cc1ccc2nc(S(=O)(=O)Oc3ccc(N)cc3)sc2c1.[Na+]. The normalized spacial score (nSPS) is 11.1. The maximum absolute atomic E-state index is 12.2. The molecule has 1 heterocycles. The summed E-state index contributed by atoms with van der Waals surface area (Å²) in [6.07, 6.45) is 0. The van der Waals surface area contributed by atoms with E-state index in [0.717, 1.165) is 21.6 Å². The molecule has 0 unspecified atom stereocenters. The third-order valence-corrected chi connectivity index (χ3v) is 5.43. The maximum Gasteiger partial charge on any atom is 1.00 e. The smallest absolute Gasteiger partial charge is 0.399 e. The molecule has 0 spiro atoms. The average molecular weight is 343 g/mol. The Morgan fingerprint density at radius 1 is 1.14 bits per heavy atom. The number of aryl methyl sites for hydroxylation is 1. The number of aromatic nitrogens is 1. The number of hydrogen-bond acceptors (Lipinski definition) is 6. The molecule has 0 amide bonds. The fraction of sp³-hybridized carbons (Fsp3) is 0.0714. The van der Waals surface area contributed by atoms with Crippen molar-refractivity contribution in [3.63, 3.8) is 0 Å². The molecule has 3 aromatic rings.